The lowest BCUT2D eigenvalue weighted by atomic mass is 10.1. The standard InChI is InChI=1S/C10H7BrF5NO2/c1-2-19-9(18)4-3-5(10(14,15)16)7(11)17-6(4)8(12)13/h3,8H,2H2,1H3. The Bertz CT molecular complexity index is 490. The molecular weight excluding hydrogens is 341 g/mol. The lowest BCUT2D eigenvalue weighted by molar-refractivity contribution is -0.138. The number of pyridine rings is 1. The lowest BCUT2D eigenvalue weighted by Crippen LogP contribution is -2.15. The summed E-state index contributed by atoms with van der Waals surface area (Å²) in [6.07, 6.45) is -8.02. The summed E-state index contributed by atoms with van der Waals surface area (Å²) in [6.45, 7) is 1.25. The highest BCUT2D eigenvalue weighted by Gasteiger charge is 2.36. The van der Waals surface area contributed by atoms with Crippen molar-refractivity contribution in [2.24, 2.45) is 0 Å². The summed E-state index contributed by atoms with van der Waals surface area (Å²) in [7, 11) is 0. The molecule has 0 amide bonds. The van der Waals surface area contributed by atoms with E-state index in [2.05, 4.69) is 25.7 Å². The first-order chi connectivity index (χ1) is 8.68. The molecule has 1 heterocycles. The number of ether oxygens (including phenoxy) is 1. The molecule has 0 saturated carbocycles. The van der Waals surface area contributed by atoms with Gasteiger partial charge in [0.15, 0.2) is 0 Å². The number of nitrogens with zero attached hydrogens (tertiary/aromatic N) is 1. The van der Waals surface area contributed by atoms with Crippen LogP contribution in [0.3, 0.4) is 0 Å². The first-order valence-corrected chi connectivity index (χ1v) is 5.70. The normalized spacial score (nSPS) is 11.8. The van der Waals surface area contributed by atoms with Crippen LogP contribution in [0, 0.1) is 0 Å². The summed E-state index contributed by atoms with van der Waals surface area (Å²) < 4.78 is 66.8. The zero-order valence-corrected chi connectivity index (χ0v) is 11.0. The molecule has 0 bridgehead atoms. The number of rotatable bonds is 3. The molecular formula is C10H7BrF5NO2. The Morgan fingerprint density at radius 1 is 1.47 bits per heavy atom. The van der Waals surface area contributed by atoms with Crippen molar-refractivity contribution in [2.75, 3.05) is 6.61 Å². The van der Waals surface area contributed by atoms with Crippen LogP contribution in [0.4, 0.5) is 22.0 Å². The van der Waals surface area contributed by atoms with E-state index in [9.17, 15) is 26.7 Å². The van der Waals surface area contributed by atoms with Gasteiger partial charge >= 0.3 is 12.1 Å². The fourth-order valence-electron chi connectivity index (χ4n) is 1.24. The van der Waals surface area contributed by atoms with E-state index in [-0.39, 0.29) is 6.61 Å². The maximum atomic E-state index is 12.7. The van der Waals surface area contributed by atoms with E-state index >= 15 is 0 Å². The Balaban J connectivity index is 3.44. The zero-order chi connectivity index (χ0) is 14.8. The van der Waals surface area contributed by atoms with E-state index in [0.29, 0.717) is 6.07 Å². The summed E-state index contributed by atoms with van der Waals surface area (Å²) in [5.41, 5.74) is -3.27. The molecule has 9 heteroatoms. The number of hydrogen-bond acceptors (Lipinski definition) is 3. The monoisotopic (exact) mass is 347 g/mol. The molecule has 0 aliphatic heterocycles. The number of aromatic nitrogens is 1. The minimum absolute atomic E-state index is 0.154. The Morgan fingerprint density at radius 2 is 2.05 bits per heavy atom. The molecule has 0 unspecified atom stereocenters. The topological polar surface area (TPSA) is 39.2 Å². The second-order valence-corrected chi connectivity index (χ2v) is 4.03. The summed E-state index contributed by atoms with van der Waals surface area (Å²) in [6, 6.07) is 0.302. The van der Waals surface area contributed by atoms with Crippen LogP contribution in [0.2, 0.25) is 0 Å². The molecule has 0 radical (unpaired) electrons. The molecule has 1 aromatic rings. The van der Waals surface area contributed by atoms with Gasteiger partial charge in [-0.2, -0.15) is 13.2 Å². The van der Waals surface area contributed by atoms with Crippen molar-refractivity contribution in [2.45, 2.75) is 19.5 Å². The maximum Gasteiger partial charge on any atom is 0.419 e. The van der Waals surface area contributed by atoms with E-state index in [1.165, 1.54) is 6.92 Å². The predicted molar refractivity (Wildman–Crippen MR) is 57.9 cm³/mol. The van der Waals surface area contributed by atoms with Gasteiger partial charge < -0.3 is 4.74 Å². The van der Waals surface area contributed by atoms with Crippen LogP contribution in [-0.4, -0.2) is 17.6 Å². The van der Waals surface area contributed by atoms with Crippen LogP contribution in [0.1, 0.15) is 35.0 Å². The summed E-state index contributed by atoms with van der Waals surface area (Å²) in [5, 5.41) is 0. The van der Waals surface area contributed by atoms with Gasteiger partial charge in [-0.25, -0.2) is 18.6 Å². The second kappa shape index (κ2) is 5.81. The smallest absolute Gasteiger partial charge is 0.419 e. The molecule has 0 fully saturated rings. The summed E-state index contributed by atoms with van der Waals surface area (Å²) in [5.74, 6) is -1.27. The molecule has 0 atom stereocenters. The van der Waals surface area contributed by atoms with Crippen molar-refractivity contribution in [1.29, 1.82) is 0 Å². The number of esters is 1. The van der Waals surface area contributed by atoms with Crippen molar-refractivity contribution in [3.8, 4) is 0 Å². The first kappa shape index (κ1) is 15.8. The highest BCUT2D eigenvalue weighted by atomic mass is 79.9. The van der Waals surface area contributed by atoms with Crippen LogP contribution < -0.4 is 0 Å². The van der Waals surface area contributed by atoms with E-state index in [1.807, 2.05) is 0 Å². The molecule has 19 heavy (non-hydrogen) atoms. The minimum atomic E-state index is -4.83. The number of halogens is 6. The summed E-state index contributed by atoms with van der Waals surface area (Å²) >= 11 is 2.46. The van der Waals surface area contributed by atoms with Crippen LogP contribution in [-0.2, 0) is 10.9 Å². The Morgan fingerprint density at radius 3 is 2.47 bits per heavy atom. The third-order valence-corrected chi connectivity index (χ3v) is 2.62. The molecule has 3 nitrogen and oxygen atoms in total. The molecule has 0 aliphatic carbocycles. The van der Waals surface area contributed by atoms with Crippen LogP contribution in [0.15, 0.2) is 10.7 Å². The third-order valence-electron chi connectivity index (χ3n) is 2.01. The third kappa shape index (κ3) is 3.62. The van der Waals surface area contributed by atoms with Gasteiger partial charge in [0.05, 0.1) is 17.7 Å². The van der Waals surface area contributed by atoms with Gasteiger partial charge in [-0.1, -0.05) is 0 Å². The van der Waals surface area contributed by atoms with Crippen molar-refractivity contribution in [1.82, 2.24) is 4.98 Å². The lowest BCUT2D eigenvalue weighted by Gasteiger charge is -2.13. The molecule has 0 aromatic carbocycles. The highest BCUT2D eigenvalue weighted by molar-refractivity contribution is 9.10. The zero-order valence-electron chi connectivity index (χ0n) is 9.39. The van der Waals surface area contributed by atoms with Crippen molar-refractivity contribution >= 4 is 21.9 Å². The maximum absolute atomic E-state index is 12.7. The van der Waals surface area contributed by atoms with E-state index in [4.69, 9.17) is 0 Å². The Labute approximate surface area is 112 Å². The second-order valence-electron chi connectivity index (χ2n) is 3.28. The molecule has 1 aromatic heterocycles. The van der Waals surface area contributed by atoms with Gasteiger partial charge in [0.2, 0.25) is 0 Å². The SMILES string of the molecule is CCOC(=O)c1cc(C(F)(F)F)c(Br)nc1C(F)F. The molecule has 106 valence electrons. The van der Waals surface area contributed by atoms with Crippen molar-refractivity contribution < 1.29 is 31.5 Å². The highest BCUT2D eigenvalue weighted by Crippen LogP contribution is 2.36. The van der Waals surface area contributed by atoms with Gasteiger partial charge in [0.25, 0.3) is 6.43 Å². The Kier molecular flexibility index (Phi) is 4.83. The van der Waals surface area contributed by atoms with Gasteiger partial charge in [-0.3, -0.25) is 0 Å². The van der Waals surface area contributed by atoms with Crippen LogP contribution >= 0.6 is 15.9 Å². The molecule has 1 rings (SSSR count). The van der Waals surface area contributed by atoms with Crippen molar-refractivity contribution in [3.05, 3.63) is 27.5 Å². The minimum Gasteiger partial charge on any atom is -0.462 e. The fraction of sp³-hybridized carbons (Fsp3) is 0.400. The predicted octanol–water partition coefficient (Wildman–Crippen LogP) is 3.98. The van der Waals surface area contributed by atoms with E-state index in [1.54, 1.807) is 0 Å². The largest absolute Gasteiger partial charge is 0.462 e. The van der Waals surface area contributed by atoms with E-state index < -0.39 is 40.0 Å². The molecule has 0 aliphatic rings. The number of hydrogen-bond donors (Lipinski definition) is 0. The molecule has 0 spiro atoms. The quantitative estimate of drug-likeness (QED) is 0.471. The Hall–Kier alpha value is -1.25. The summed E-state index contributed by atoms with van der Waals surface area (Å²) in [4.78, 5) is 14.5. The fourth-order valence-corrected chi connectivity index (χ4v) is 1.77. The average molecular weight is 348 g/mol. The molecule has 0 N–H and O–H groups in total. The van der Waals surface area contributed by atoms with Gasteiger partial charge in [0.1, 0.15) is 10.3 Å². The van der Waals surface area contributed by atoms with Crippen LogP contribution in [0.5, 0.6) is 0 Å². The number of alkyl halides is 5. The van der Waals surface area contributed by atoms with Crippen LogP contribution in [0.25, 0.3) is 0 Å². The van der Waals surface area contributed by atoms with Gasteiger partial charge in [-0.05, 0) is 28.9 Å². The number of carbonyl (C=O) groups is 1. The van der Waals surface area contributed by atoms with Gasteiger partial charge in [-0.15, -0.1) is 0 Å². The average Bonchev–Trinajstić information content (AvgIpc) is 2.26. The number of carbonyl (C=O) groups excluding carboxylic acids is 1. The molecule has 0 saturated heterocycles. The first-order valence-electron chi connectivity index (χ1n) is 4.91. The van der Waals surface area contributed by atoms with Crippen molar-refractivity contribution in [3.63, 3.8) is 0 Å². The van der Waals surface area contributed by atoms with Gasteiger partial charge in [0, 0.05) is 0 Å². The van der Waals surface area contributed by atoms with E-state index in [0.717, 1.165) is 0 Å².